The maximum atomic E-state index is 12.7. The molecule has 0 radical (unpaired) electrons. The Morgan fingerprint density at radius 3 is 2.00 bits per heavy atom. The monoisotopic (exact) mass is 364 g/mol. The minimum atomic E-state index is -4.42. The van der Waals surface area contributed by atoms with Gasteiger partial charge in [0.1, 0.15) is 5.41 Å². The smallest absolute Gasteiger partial charge is 0.416 e. The van der Waals surface area contributed by atoms with E-state index < -0.39 is 23.1 Å². The van der Waals surface area contributed by atoms with Gasteiger partial charge in [-0.2, -0.15) is 22.8 Å². The molecule has 1 fully saturated rings. The normalized spacial score (nSPS) is 21.2. The first-order valence-electron chi connectivity index (χ1n) is 7.63. The van der Waals surface area contributed by atoms with Crippen molar-refractivity contribution in [1.29, 1.82) is 0 Å². The van der Waals surface area contributed by atoms with Gasteiger partial charge < -0.3 is 5.11 Å². The van der Waals surface area contributed by atoms with E-state index in [1.165, 1.54) is 12.1 Å². The van der Waals surface area contributed by atoms with Crippen molar-refractivity contribution in [3.63, 3.8) is 0 Å². The zero-order valence-electron chi connectivity index (χ0n) is 13.7. The Morgan fingerprint density at radius 1 is 1.08 bits per heavy atom. The topological polar surface area (TPSA) is 71.4 Å². The molecule has 0 amide bonds. The van der Waals surface area contributed by atoms with Crippen LogP contribution in [0.25, 0.3) is 0 Å². The zero-order chi connectivity index (χ0) is 19.5. The second-order valence-electron chi connectivity index (χ2n) is 6.10. The largest absolute Gasteiger partial charge is 0.481 e. The summed E-state index contributed by atoms with van der Waals surface area (Å²) in [6.07, 6.45) is -3.77. The van der Waals surface area contributed by atoms with Crippen LogP contribution in [0.3, 0.4) is 0 Å². The number of aliphatic carboxylic acids is 1. The second-order valence-corrected chi connectivity index (χ2v) is 6.10. The number of carbonyl (C=O) groups is 1. The molecule has 0 aromatic heterocycles. The van der Waals surface area contributed by atoms with Crippen molar-refractivity contribution in [2.75, 3.05) is 0 Å². The van der Waals surface area contributed by atoms with E-state index in [1.54, 1.807) is 0 Å². The number of alkyl halides is 3. The third kappa shape index (κ3) is 3.68. The fourth-order valence-corrected chi connectivity index (χ4v) is 3.10. The summed E-state index contributed by atoms with van der Waals surface area (Å²) in [5, 5.41) is 9.65. The molecule has 7 heteroatoms. The Labute approximate surface area is 147 Å². The molecule has 1 aliphatic rings. The van der Waals surface area contributed by atoms with Crippen LogP contribution in [0.5, 0.6) is 0 Å². The first-order valence-corrected chi connectivity index (χ1v) is 7.63. The van der Waals surface area contributed by atoms with Crippen molar-refractivity contribution in [3.8, 4) is 0 Å². The number of hydrogen-bond donors (Lipinski definition) is 1. The molecule has 4 nitrogen and oxygen atoms in total. The molecule has 2 aromatic rings. The summed E-state index contributed by atoms with van der Waals surface area (Å²) < 4.78 is 38.0. The molecular weight excluding hydrogens is 349 g/mol. The molecule has 0 heterocycles. The lowest BCUT2D eigenvalue weighted by atomic mass is 9.90. The van der Waals surface area contributed by atoms with Gasteiger partial charge in [0.2, 0.25) is 0 Å². The van der Waals surface area contributed by atoms with Gasteiger partial charge in [-0.15, -0.1) is 0 Å². The highest BCUT2D eigenvalue weighted by Crippen LogP contribution is 2.60. The first-order chi connectivity index (χ1) is 12.2. The number of hydrogen-bond acceptors (Lipinski definition) is 3. The van der Waals surface area contributed by atoms with E-state index >= 15 is 0 Å². The molecule has 1 saturated carbocycles. The number of carbonyl (C=O) groups excluding carboxylic acids is 2. The predicted molar refractivity (Wildman–Crippen MR) is 84.3 cm³/mol. The lowest BCUT2D eigenvalue weighted by molar-refractivity contribution is -0.191. The van der Waals surface area contributed by atoms with Crippen LogP contribution in [0.2, 0.25) is 0 Å². The van der Waals surface area contributed by atoms with Crippen LogP contribution in [-0.4, -0.2) is 17.2 Å². The summed E-state index contributed by atoms with van der Waals surface area (Å²) in [4.78, 5) is 28.0. The lowest BCUT2D eigenvalue weighted by Crippen LogP contribution is -2.22. The third-order valence-corrected chi connectivity index (χ3v) is 4.55. The number of halogens is 3. The van der Waals surface area contributed by atoms with Crippen molar-refractivity contribution in [1.82, 2.24) is 0 Å². The van der Waals surface area contributed by atoms with Gasteiger partial charge in [-0.3, -0.25) is 4.79 Å². The van der Waals surface area contributed by atoms with Crippen LogP contribution in [0.15, 0.2) is 48.5 Å². The number of rotatable bonds is 3. The fourth-order valence-electron chi connectivity index (χ4n) is 3.10. The van der Waals surface area contributed by atoms with Gasteiger partial charge in [-0.25, -0.2) is 0 Å². The van der Waals surface area contributed by atoms with Gasteiger partial charge in [-0.1, -0.05) is 42.0 Å². The average Bonchev–Trinajstić information content (AvgIpc) is 3.33. The number of carboxylic acid groups (broad SMARTS) is 1. The van der Waals surface area contributed by atoms with E-state index in [4.69, 9.17) is 9.59 Å². The predicted octanol–water partition coefficient (Wildman–Crippen LogP) is 3.94. The van der Waals surface area contributed by atoms with Crippen molar-refractivity contribution in [2.45, 2.75) is 30.9 Å². The third-order valence-electron chi connectivity index (χ3n) is 4.55. The quantitative estimate of drug-likeness (QED) is 0.895. The summed E-state index contributed by atoms with van der Waals surface area (Å²) in [5.74, 6) is -1.21. The van der Waals surface area contributed by atoms with E-state index in [2.05, 4.69) is 0 Å². The van der Waals surface area contributed by atoms with Crippen LogP contribution >= 0.6 is 0 Å². The standard InChI is InChI=1S/C18H15F3O2.CO2/c1-11-2-4-12(5-3-11)15-10-17(15,16(22)23)13-6-8-14(9-7-13)18(19,20)21;2-1-3/h2-9,15H,10H2,1H3,(H,22,23);/t15-,17+;/m1./s1. The molecule has 0 bridgehead atoms. The minimum absolute atomic E-state index is 0.211. The molecule has 2 atom stereocenters. The summed E-state index contributed by atoms with van der Waals surface area (Å²) in [5.41, 5.74) is 0.500. The Kier molecular flexibility index (Phi) is 5.33. The summed E-state index contributed by atoms with van der Waals surface area (Å²) in [6, 6.07) is 12.1. The van der Waals surface area contributed by atoms with Crippen LogP contribution in [-0.2, 0) is 26.0 Å². The van der Waals surface area contributed by atoms with Gasteiger partial charge >= 0.3 is 18.3 Å². The number of benzene rings is 2. The molecular formula is C19H15F3O4. The Morgan fingerprint density at radius 2 is 1.58 bits per heavy atom. The Hall–Kier alpha value is -2.92. The van der Waals surface area contributed by atoms with E-state index in [0.717, 1.165) is 23.3 Å². The highest BCUT2D eigenvalue weighted by atomic mass is 19.4. The zero-order valence-corrected chi connectivity index (χ0v) is 13.7. The fraction of sp³-hybridized carbons (Fsp3) is 0.263. The molecule has 1 aliphatic carbocycles. The summed E-state index contributed by atoms with van der Waals surface area (Å²) in [6.45, 7) is 1.94. The van der Waals surface area contributed by atoms with Gasteiger partial charge in [0.25, 0.3) is 0 Å². The van der Waals surface area contributed by atoms with Gasteiger partial charge in [0.15, 0.2) is 0 Å². The van der Waals surface area contributed by atoms with E-state index in [1.807, 2.05) is 31.2 Å². The first kappa shape index (κ1) is 19.4. The molecule has 0 spiro atoms. The van der Waals surface area contributed by atoms with Crippen molar-refractivity contribution in [3.05, 3.63) is 70.8 Å². The molecule has 136 valence electrons. The molecule has 1 N–H and O–H groups in total. The van der Waals surface area contributed by atoms with E-state index in [-0.39, 0.29) is 12.1 Å². The summed E-state index contributed by atoms with van der Waals surface area (Å²) in [7, 11) is 0. The molecule has 26 heavy (non-hydrogen) atoms. The second kappa shape index (κ2) is 7.14. The minimum Gasteiger partial charge on any atom is -0.481 e. The van der Waals surface area contributed by atoms with Gasteiger partial charge in [-0.05, 0) is 36.6 Å². The number of carboxylic acids is 1. The Bertz CT molecular complexity index is 819. The van der Waals surface area contributed by atoms with Crippen LogP contribution < -0.4 is 0 Å². The van der Waals surface area contributed by atoms with Gasteiger partial charge in [0.05, 0.1) is 5.56 Å². The highest BCUT2D eigenvalue weighted by Gasteiger charge is 2.62. The molecule has 3 rings (SSSR count). The molecule has 0 aliphatic heterocycles. The van der Waals surface area contributed by atoms with Crippen molar-refractivity contribution >= 4 is 12.1 Å². The SMILES string of the molecule is Cc1ccc([C@H]2C[C@]2(C(=O)O)c2ccc(C(F)(F)F)cc2)cc1.O=C=O. The van der Waals surface area contributed by atoms with Crippen molar-refractivity contribution < 1.29 is 32.7 Å². The van der Waals surface area contributed by atoms with Crippen LogP contribution in [0.1, 0.15) is 34.6 Å². The molecule has 0 saturated heterocycles. The molecule has 2 aromatic carbocycles. The highest BCUT2D eigenvalue weighted by molar-refractivity contribution is 5.87. The van der Waals surface area contributed by atoms with Crippen LogP contribution in [0.4, 0.5) is 13.2 Å². The summed E-state index contributed by atoms with van der Waals surface area (Å²) >= 11 is 0. The molecule has 0 unspecified atom stereocenters. The van der Waals surface area contributed by atoms with E-state index in [0.29, 0.717) is 12.0 Å². The average molecular weight is 364 g/mol. The van der Waals surface area contributed by atoms with Crippen LogP contribution in [0, 0.1) is 6.92 Å². The van der Waals surface area contributed by atoms with E-state index in [9.17, 15) is 23.1 Å². The Balaban J connectivity index is 0.000000758. The maximum Gasteiger partial charge on any atom is 0.416 e. The maximum absolute atomic E-state index is 12.7. The lowest BCUT2D eigenvalue weighted by Gasteiger charge is -2.15. The van der Waals surface area contributed by atoms with Gasteiger partial charge in [0, 0.05) is 5.92 Å². The van der Waals surface area contributed by atoms with Crippen molar-refractivity contribution in [2.24, 2.45) is 0 Å². The number of aryl methyl sites for hydroxylation is 1.